The Morgan fingerprint density at radius 3 is 2.67 bits per heavy atom. The molecule has 0 fully saturated rings. The van der Waals surface area contributed by atoms with Gasteiger partial charge in [0, 0.05) is 17.8 Å². The molecule has 0 unspecified atom stereocenters. The Balaban J connectivity index is 2.17. The molecule has 0 heterocycles. The number of ether oxygens (including phenoxy) is 2. The molecule has 1 N–H and O–H groups in total. The molecule has 0 saturated carbocycles. The molecule has 0 aliphatic carbocycles. The minimum atomic E-state index is -0.228. The molecule has 3 nitrogen and oxygen atoms in total. The molecular formula is C17H20FNO2. The molecule has 0 aliphatic heterocycles. The van der Waals surface area contributed by atoms with Crippen molar-refractivity contribution in [2.24, 2.45) is 0 Å². The van der Waals surface area contributed by atoms with Gasteiger partial charge < -0.3 is 14.8 Å². The van der Waals surface area contributed by atoms with Crippen molar-refractivity contribution >= 4 is 5.69 Å². The van der Waals surface area contributed by atoms with E-state index < -0.39 is 0 Å². The summed E-state index contributed by atoms with van der Waals surface area (Å²) in [5.74, 6) is 1.23. The molecule has 0 aliphatic rings. The van der Waals surface area contributed by atoms with E-state index in [1.807, 2.05) is 32.0 Å². The van der Waals surface area contributed by atoms with Crippen molar-refractivity contribution in [1.82, 2.24) is 0 Å². The molecule has 0 saturated heterocycles. The maximum Gasteiger partial charge on any atom is 0.165 e. The second-order valence-electron chi connectivity index (χ2n) is 4.69. The number of anilines is 1. The third-order valence-corrected chi connectivity index (χ3v) is 3.22. The Hall–Kier alpha value is -2.23. The lowest BCUT2D eigenvalue weighted by molar-refractivity contribution is 0.309. The van der Waals surface area contributed by atoms with Crippen molar-refractivity contribution in [2.75, 3.05) is 19.0 Å². The summed E-state index contributed by atoms with van der Waals surface area (Å²) in [6, 6.07) is 10.5. The van der Waals surface area contributed by atoms with Crippen LogP contribution in [0.3, 0.4) is 0 Å². The molecule has 0 spiro atoms. The summed E-state index contributed by atoms with van der Waals surface area (Å²) in [6.07, 6.45) is 0. The number of halogens is 1. The number of nitrogens with one attached hydrogen (secondary N) is 1. The first kappa shape index (κ1) is 15.2. The highest BCUT2D eigenvalue weighted by Gasteiger charge is 2.10. The number of para-hydroxylation sites is 1. The maximum atomic E-state index is 13.1. The zero-order valence-electron chi connectivity index (χ0n) is 12.6. The number of benzene rings is 2. The lowest BCUT2D eigenvalue weighted by Crippen LogP contribution is -2.05. The van der Waals surface area contributed by atoms with Crippen LogP contribution in [0.15, 0.2) is 36.4 Å². The van der Waals surface area contributed by atoms with E-state index in [2.05, 4.69) is 5.32 Å². The maximum absolute atomic E-state index is 13.1. The van der Waals surface area contributed by atoms with Gasteiger partial charge in [-0.2, -0.15) is 0 Å². The van der Waals surface area contributed by atoms with Crippen LogP contribution in [0.25, 0.3) is 0 Å². The van der Waals surface area contributed by atoms with Gasteiger partial charge in [-0.05, 0) is 43.7 Å². The van der Waals surface area contributed by atoms with Crippen LogP contribution in [-0.2, 0) is 6.54 Å². The van der Waals surface area contributed by atoms with Crippen molar-refractivity contribution in [1.29, 1.82) is 0 Å². The fraction of sp³-hybridized carbons (Fsp3) is 0.294. The molecule has 0 radical (unpaired) electrons. The first-order valence-electron chi connectivity index (χ1n) is 6.94. The average Bonchev–Trinajstić information content (AvgIpc) is 2.47. The van der Waals surface area contributed by atoms with Crippen LogP contribution in [0.2, 0.25) is 0 Å². The molecule has 0 aromatic heterocycles. The lowest BCUT2D eigenvalue weighted by Gasteiger charge is -2.15. The van der Waals surface area contributed by atoms with Crippen molar-refractivity contribution < 1.29 is 13.9 Å². The van der Waals surface area contributed by atoms with Gasteiger partial charge in [-0.15, -0.1) is 0 Å². The summed E-state index contributed by atoms with van der Waals surface area (Å²) >= 11 is 0. The van der Waals surface area contributed by atoms with E-state index in [1.165, 1.54) is 12.1 Å². The fourth-order valence-corrected chi connectivity index (χ4v) is 2.22. The molecule has 2 aromatic carbocycles. The van der Waals surface area contributed by atoms with Gasteiger partial charge >= 0.3 is 0 Å². The fourth-order valence-electron chi connectivity index (χ4n) is 2.22. The Bertz CT molecular complexity index is 614. The second kappa shape index (κ2) is 6.97. The molecule has 2 aromatic rings. The molecule has 112 valence electrons. The second-order valence-corrected chi connectivity index (χ2v) is 4.69. The first-order valence-corrected chi connectivity index (χ1v) is 6.94. The summed E-state index contributed by atoms with van der Waals surface area (Å²) < 4.78 is 24.1. The van der Waals surface area contributed by atoms with E-state index in [1.54, 1.807) is 13.2 Å². The van der Waals surface area contributed by atoms with Gasteiger partial charge in [-0.3, -0.25) is 0 Å². The third-order valence-electron chi connectivity index (χ3n) is 3.22. The zero-order valence-corrected chi connectivity index (χ0v) is 12.6. The van der Waals surface area contributed by atoms with E-state index in [-0.39, 0.29) is 5.82 Å². The minimum absolute atomic E-state index is 0.228. The minimum Gasteiger partial charge on any atom is -0.493 e. The molecule has 0 atom stereocenters. The van der Waals surface area contributed by atoms with E-state index >= 15 is 0 Å². The average molecular weight is 289 g/mol. The van der Waals surface area contributed by atoms with Crippen LogP contribution in [0.1, 0.15) is 18.1 Å². The van der Waals surface area contributed by atoms with Gasteiger partial charge in [0.1, 0.15) is 5.82 Å². The molecule has 2 rings (SSSR count). The van der Waals surface area contributed by atoms with Crippen molar-refractivity contribution in [3.05, 3.63) is 53.3 Å². The van der Waals surface area contributed by atoms with E-state index in [9.17, 15) is 4.39 Å². The summed E-state index contributed by atoms with van der Waals surface area (Å²) in [7, 11) is 1.63. The van der Waals surface area contributed by atoms with Gasteiger partial charge in [0.05, 0.1) is 13.7 Å². The van der Waals surface area contributed by atoms with Gasteiger partial charge in [0.2, 0.25) is 0 Å². The van der Waals surface area contributed by atoms with Gasteiger partial charge in [-0.25, -0.2) is 4.39 Å². The van der Waals surface area contributed by atoms with E-state index in [0.29, 0.717) is 13.2 Å². The third kappa shape index (κ3) is 3.66. The number of aryl methyl sites for hydroxylation is 1. The van der Waals surface area contributed by atoms with Crippen LogP contribution in [-0.4, -0.2) is 13.7 Å². The number of hydrogen-bond donors (Lipinski definition) is 1. The first-order chi connectivity index (χ1) is 10.2. The van der Waals surface area contributed by atoms with Crippen molar-refractivity contribution in [3.8, 4) is 11.5 Å². The van der Waals surface area contributed by atoms with Crippen LogP contribution in [0.4, 0.5) is 10.1 Å². The largest absolute Gasteiger partial charge is 0.493 e. The van der Waals surface area contributed by atoms with Crippen LogP contribution in [0.5, 0.6) is 11.5 Å². The zero-order chi connectivity index (χ0) is 15.2. The SMILES string of the molecule is CCOc1cccc(CNc2ccc(F)cc2C)c1OC. The predicted molar refractivity (Wildman–Crippen MR) is 82.6 cm³/mol. The van der Waals surface area contributed by atoms with E-state index in [0.717, 1.165) is 28.3 Å². The van der Waals surface area contributed by atoms with Crippen molar-refractivity contribution in [3.63, 3.8) is 0 Å². The highest BCUT2D eigenvalue weighted by molar-refractivity contribution is 5.53. The highest BCUT2D eigenvalue weighted by atomic mass is 19.1. The van der Waals surface area contributed by atoms with Crippen LogP contribution >= 0.6 is 0 Å². The van der Waals surface area contributed by atoms with Gasteiger partial charge in [0.15, 0.2) is 11.5 Å². The standard InChI is InChI=1S/C17H20FNO2/c1-4-21-16-7-5-6-13(17(16)20-3)11-19-15-9-8-14(18)10-12(15)2/h5-10,19H,4,11H2,1-3H3. The number of methoxy groups -OCH3 is 1. The molecular weight excluding hydrogens is 269 g/mol. The molecule has 0 amide bonds. The summed E-state index contributed by atoms with van der Waals surface area (Å²) in [5.41, 5.74) is 2.77. The quantitative estimate of drug-likeness (QED) is 0.866. The normalized spacial score (nSPS) is 10.3. The predicted octanol–water partition coefficient (Wildman–Crippen LogP) is 4.15. The van der Waals surface area contributed by atoms with Crippen LogP contribution < -0.4 is 14.8 Å². The van der Waals surface area contributed by atoms with Gasteiger partial charge in [-0.1, -0.05) is 12.1 Å². The Morgan fingerprint density at radius 1 is 1.19 bits per heavy atom. The summed E-state index contributed by atoms with van der Waals surface area (Å²) in [6.45, 7) is 4.98. The number of rotatable bonds is 6. The van der Waals surface area contributed by atoms with Crippen LogP contribution in [0, 0.1) is 12.7 Å². The topological polar surface area (TPSA) is 30.5 Å². The lowest BCUT2D eigenvalue weighted by atomic mass is 10.1. The number of hydrogen-bond acceptors (Lipinski definition) is 3. The molecule has 21 heavy (non-hydrogen) atoms. The van der Waals surface area contributed by atoms with E-state index in [4.69, 9.17) is 9.47 Å². The molecule has 0 bridgehead atoms. The monoisotopic (exact) mass is 289 g/mol. The summed E-state index contributed by atoms with van der Waals surface area (Å²) in [5, 5.41) is 3.30. The Kier molecular flexibility index (Phi) is 5.04. The molecule has 4 heteroatoms. The van der Waals surface area contributed by atoms with Gasteiger partial charge in [0.25, 0.3) is 0 Å². The smallest absolute Gasteiger partial charge is 0.165 e. The summed E-state index contributed by atoms with van der Waals surface area (Å²) in [4.78, 5) is 0. The highest BCUT2D eigenvalue weighted by Crippen LogP contribution is 2.31. The Labute approximate surface area is 124 Å². The Morgan fingerprint density at radius 2 is 2.00 bits per heavy atom. The van der Waals surface area contributed by atoms with Crippen molar-refractivity contribution in [2.45, 2.75) is 20.4 Å².